The molecule has 1 aromatic heterocycles. The van der Waals surface area contributed by atoms with E-state index in [0.717, 1.165) is 30.1 Å². The molecule has 7 heteroatoms. The SMILES string of the molecule is CSc1nccn1-c1cccc(C(=O)NO[C@@H]2CCCCO2)c1. The van der Waals surface area contributed by atoms with Crippen molar-refractivity contribution in [2.75, 3.05) is 12.9 Å². The molecule has 1 aliphatic heterocycles. The summed E-state index contributed by atoms with van der Waals surface area (Å²) < 4.78 is 7.36. The number of hydrogen-bond donors (Lipinski definition) is 1. The van der Waals surface area contributed by atoms with Crippen LogP contribution in [0.2, 0.25) is 0 Å². The van der Waals surface area contributed by atoms with Crippen molar-refractivity contribution in [2.24, 2.45) is 0 Å². The molecular formula is C16H19N3O3S. The van der Waals surface area contributed by atoms with Crippen LogP contribution in [-0.2, 0) is 9.57 Å². The second kappa shape index (κ2) is 7.63. The number of hydrogen-bond acceptors (Lipinski definition) is 5. The summed E-state index contributed by atoms with van der Waals surface area (Å²) in [5.41, 5.74) is 3.89. The quantitative estimate of drug-likeness (QED) is 0.673. The van der Waals surface area contributed by atoms with Crippen molar-refractivity contribution in [1.82, 2.24) is 15.0 Å². The number of thioether (sulfide) groups is 1. The Hall–Kier alpha value is -1.83. The van der Waals surface area contributed by atoms with Gasteiger partial charge >= 0.3 is 0 Å². The third-order valence-corrected chi connectivity index (χ3v) is 4.26. The standard InChI is InChI=1S/C16H19N3O3S/c1-23-16-17-8-9-19(16)13-6-4-5-12(11-13)15(20)18-22-14-7-2-3-10-21-14/h4-6,8-9,11,14H,2-3,7,10H2,1H3,(H,18,20)/t14-/m1/s1. The van der Waals surface area contributed by atoms with Crippen LogP contribution in [0.25, 0.3) is 5.69 Å². The van der Waals surface area contributed by atoms with Gasteiger partial charge in [-0.05, 0) is 37.3 Å². The van der Waals surface area contributed by atoms with Crippen molar-refractivity contribution in [3.05, 3.63) is 42.2 Å². The number of ether oxygens (including phenoxy) is 1. The number of carbonyl (C=O) groups excluding carboxylic acids is 1. The maximum atomic E-state index is 12.2. The molecule has 2 aromatic rings. The molecule has 122 valence electrons. The number of imidazole rings is 1. The lowest BCUT2D eigenvalue weighted by atomic mass is 10.2. The smallest absolute Gasteiger partial charge is 0.275 e. The first-order valence-electron chi connectivity index (χ1n) is 7.53. The van der Waals surface area contributed by atoms with Gasteiger partial charge in [-0.2, -0.15) is 0 Å². The van der Waals surface area contributed by atoms with E-state index in [1.165, 1.54) is 0 Å². The van der Waals surface area contributed by atoms with Crippen molar-refractivity contribution >= 4 is 17.7 Å². The molecule has 1 fully saturated rings. The van der Waals surface area contributed by atoms with Crippen LogP contribution in [0.4, 0.5) is 0 Å². The summed E-state index contributed by atoms with van der Waals surface area (Å²) >= 11 is 1.55. The minimum Gasteiger partial charge on any atom is -0.350 e. The Morgan fingerprint density at radius 3 is 3.17 bits per heavy atom. The number of hydroxylamine groups is 1. The van der Waals surface area contributed by atoms with E-state index >= 15 is 0 Å². The van der Waals surface area contributed by atoms with E-state index in [1.807, 2.05) is 35.2 Å². The minimum atomic E-state index is -0.354. The van der Waals surface area contributed by atoms with Crippen molar-refractivity contribution in [1.29, 1.82) is 0 Å². The van der Waals surface area contributed by atoms with Crippen molar-refractivity contribution in [3.8, 4) is 5.69 Å². The van der Waals surface area contributed by atoms with Crippen molar-refractivity contribution in [3.63, 3.8) is 0 Å². The largest absolute Gasteiger partial charge is 0.350 e. The van der Waals surface area contributed by atoms with Gasteiger partial charge in [-0.3, -0.25) is 9.36 Å². The molecule has 0 spiro atoms. The molecule has 0 bridgehead atoms. The van der Waals surface area contributed by atoms with Gasteiger partial charge < -0.3 is 4.74 Å². The van der Waals surface area contributed by atoms with E-state index in [-0.39, 0.29) is 12.2 Å². The lowest BCUT2D eigenvalue weighted by Crippen LogP contribution is -2.33. The molecule has 1 atom stereocenters. The molecule has 0 unspecified atom stereocenters. The summed E-state index contributed by atoms with van der Waals surface area (Å²) in [7, 11) is 0. The summed E-state index contributed by atoms with van der Waals surface area (Å²) in [4.78, 5) is 21.8. The lowest BCUT2D eigenvalue weighted by molar-refractivity contribution is -0.186. The predicted octanol–water partition coefficient (Wildman–Crippen LogP) is 2.78. The van der Waals surface area contributed by atoms with Crippen LogP contribution in [0, 0.1) is 0 Å². The first kappa shape index (κ1) is 16.0. The number of benzene rings is 1. The Labute approximate surface area is 139 Å². The van der Waals surface area contributed by atoms with Crippen LogP contribution in [0.1, 0.15) is 29.6 Å². The predicted molar refractivity (Wildman–Crippen MR) is 87.5 cm³/mol. The molecule has 1 amide bonds. The average Bonchev–Trinajstić information content (AvgIpc) is 3.09. The molecule has 2 heterocycles. The Balaban J connectivity index is 1.68. The van der Waals surface area contributed by atoms with Crippen LogP contribution in [-0.4, -0.2) is 34.6 Å². The Bertz CT molecular complexity index is 668. The molecule has 1 N–H and O–H groups in total. The van der Waals surface area contributed by atoms with Crippen molar-refractivity contribution in [2.45, 2.75) is 30.7 Å². The van der Waals surface area contributed by atoms with Gasteiger partial charge in [-0.25, -0.2) is 15.3 Å². The van der Waals surface area contributed by atoms with Crippen molar-refractivity contribution < 1.29 is 14.4 Å². The number of aromatic nitrogens is 2. The third-order valence-electron chi connectivity index (χ3n) is 3.60. The highest BCUT2D eigenvalue weighted by Gasteiger charge is 2.16. The summed E-state index contributed by atoms with van der Waals surface area (Å²) in [6.07, 6.45) is 8.11. The van der Waals surface area contributed by atoms with Gasteiger partial charge in [-0.1, -0.05) is 17.8 Å². The van der Waals surface area contributed by atoms with E-state index in [4.69, 9.17) is 9.57 Å². The molecule has 6 nitrogen and oxygen atoms in total. The monoisotopic (exact) mass is 333 g/mol. The van der Waals surface area contributed by atoms with E-state index in [9.17, 15) is 4.79 Å². The van der Waals surface area contributed by atoms with Gasteiger partial charge in [0.25, 0.3) is 5.91 Å². The maximum Gasteiger partial charge on any atom is 0.275 e. The molecule has 1 aliphatic rings. The van der Waals surface area contributed by atoms with Gasteiger partial charge in [0.2, 0.25) is 0 Å². The Kier molecular flexibility index (Phi) is 5.32. The minimum absolute atomic E-state index is 0.285. The van der Waals surface area contributed by atoms with Crippen LogP contribution >= 0.6 is 11.8 Å². The third kappa shape index (κ3) is 3.93. The number of amides is 1. The molecule has 23 heavy (non-hydrogen) atoms. The van der Waals surface area contributed by atoms with Crippen LogP contribution in [0.5, 0.6) is 0 Å². The van der Waals surface area contributed by atoms with Crippen LogP contribution < -0.4 is 5.48 Å². The number of carbonyl (C=O) groups is 1. The summed E-state index contributed by atoms with van der Waals surface area (Å²) in [5, 5.41) is 0.870. The van der Waals surface area contributed by atoms with Gasteiger partial charge in [-0.15, -0.1) is 0 Å². The summed E-state index contributed by atoms with van der Waals surface area (Å²) in [5.74, 6) is -0.285. The van der Waals surface area contributed by atoms with E-state index < -0.39 is 0 Å². The molecular weight excluding hydrogens is 314 g/mol. The Morgan fingerprint density at radius 1 is 1.48 bits per heavy atom. The molecule has 1 saturated heterocycles. The first-order chi connectivity index (χ1) is 11.3. The second-order valence-corrected chi connectivity index (χ2v) is 5.95. The number of rotatable bonds is 5. The topological polar surface area (TPSA) is 65.4 Å². The highest BCUT2D eigenvalue weighted by atomic mass is 32.2. The fourth-order valence-corrected chi connectivity index (χ4v) is 2.95. The molecule has 1 aromatic carbocycles. The van der Waals surface area contributed by atoms with E-state index in [1.54, 1.807) is 24.0 Å². The summed E-state index contributed by atoms with van der Waals surface area (Å²) in [6, 6.07) is 7.33. The van der Waals surface area contributed by atoms with Gasteiger partial charge in [0.05, 0.1) is 0 Å². The summed E-state index contributed by atoms with van der Waals surface area (Å²) in [6.45, 7) is 0.675. The maximum absolute atomic E-state index is 12.2. The van der Waals surface area contributed by atoms with E-state index in [0.29, 0.717) is 12.2 Å². The highest BCUT2D eigenvalue weighted by molar-refractivity contribution is 7.98. The fourth-order valence-electron chi connectivity index (χ4n) is 2.42. The van der Waals surface area contributed by atoms with Gasteiger partial charge in [0, 0.05) is 36.7 Å². The van der Waals surface area contributed by atoms with Gasteiger partial charge in [0.1, 0.15) is 0 Å². The van der Waals surface area contributed by atoms with Crippen LogP contribution in [0.3, 0.4) is 0 Å². The molecule has 0 aliphatic carbocycles. The van der Waals surface area contributed by atoms with Crippen LogP contribution in [0.15, 0.2) is 41.8 Å². The normalized spacial score (nSPS) is 17.9. The second-order valence-electron chi connectivity index (χ2n) is 5.18. The first-order valence-corrected chi connectivity index (χ1v) is 8.76. The molecule has 0 radical (unpaired) electrons. The molecule has 0 saturated carbocycles. The lowest BCUT2D eigenvalue weighted by Gasteiger charge is -2.22. The van der Waals surface area contributed by atoms with E-state index in [2.05, 4.69) is 10.5 Å². The zero-order chi connectivity index (χ0) is 16.1. The average molecular weight is 333 g/mol. The Morgan fingerprint density at radius 2 is 2.39 bits per heavy atom. The van der Waals surface area contributed by atoms with Gasteiger partial charge in [0.15, 0.2) is 11.4 Å². The number of nitrogens with one attached hydrogen (secondary N) is 1. The molecule has 3 rings (SSSR count). The highest BCUT2D eigenvalue weighted by Crippen LogP contribution is 2.19. The zero-order valence-electron chi connectivity index (χ0n) is 12.9. The zero-order valence-corrected chi connectivity index (χ0v) is 13.7. The number of nitrogens with zero attached hydrogens (tertiary/aromatic N) is 2. The fraction of sp³-hybridized carbons (Fsp3) is 0.375.